The van der Waals surface area contributed by atoms with Crippen molar-refractivity contribution in [3.05, 3.63) is 94.3 Å². The molecule has 3 aromatic rings. The predicted molar refractivity (Wildman–Crippen MR) is 76.8 cm³/mol. The summed E-state index contributed by atoms with van der Waals surface area (Å²) in [6, 6.07) is 17.6. The third-order valence-electron chi connectivity index (χ3n) is 4.65. The van der Waals surface area contributed by atoms with E-state index in [0.717, 1.165) is 0 Å². The maximum atomic E-state index is 4.11. The van der Waals surface area contributed by atoms with Gasteiger partial charge in [-0.3, -0.25) is 0 Å². The van der Waals surface area contributed by atoms with Crippen molar-refractivity contribution in [2.75, 3.05) is 0 Å². The second kappa shape index (κ2) is 3.54. The van der Waals surface area contributed by atoms with Gasteiger partial charge in [0.2, 0.25) is 0 Å². The van der Waals surface area contributed by atoms with E-state index in [-0.39, 0.29) is 0 Å². The van der Waals surface area contributed by atoms with Crippen LogP contribution in [0.3, 0.4) is 0 Å². The molecule has 2 heteroatoms. The second-order valence-electron chi connectivity index (χ2n) is 5.52. The van der Waals surface area contributed by atoms with Crippen LogP contribution in [0.2, 0.25) is 0 Å². The van der Waals surface area contributed by atoms with E-state index in [1.807, 2.05) is 12.4 Å². The smallest absolute Gasteiger partial charge is 0.0540 e. The Hall–Kier alpha value is -2.48. The number of hydrogen-bond acceptors (Lipinski definition) is 2. The maximum Gasteiger partial charge on any atom is 0.0540 e. The van der Waals surface area contributed by atoms with Gasteiger partial charge in [0.15, 0.2) is 0 Å². The third kappa shape index (κ3) is 1.10. The molecule has 1 heterocycles. The highest BCUT2D eigenvalue weighted by molar-refractivity contribution is 5.66. The van der Waals surface area contributed by atoms with E-state index >= 15 is 0 Å². The molecule has 94 valence electrons. The average molecular weight is 256 g/mol. The summed E-state index contributed by atoms with van der Waals surface area (Å²) in [5, 5.41) is 8.23. The van der Waals surface area contributed by atoms with E-state index in [2.05, 4.69) is 58.7 Å². The molecule has 0 unspecified atom stereocenters. The first-order chi connectivity index (χ1) is 9.95. The molecule has 2 bridgehead atoms. The fourth-order valence-electron chi connectivity index (χ4n) is 3.90. The average Bonchev–Trinajstić information content (AvgIpc) is 2.54. The molecule has 0 fully saturated rings. The minimum Gasteiger partial charge on any atom is -0.159 e. The summed E-state index contributed by atoms with van der Waals surface area (Å²) in [5.74, 6) is 0.635. The normalized spacial score (nSPS) is 21.0. The Kier molecular flexibility index (Phi) is 1.83. The molecule has 0 N–H and O–H groups in total. The Morgan fingerprint density at radius 1 is 0.500 bits per heavy atom. The predicted octanol–water partition coefficient (Wildman–Crippen LogP) is 3.46. The van der Waals surface area contributed by atoms with Crippen molar-refractivity contribution < 1.29 is 0 Å². The van der Waals surface area contributed by atoms with Gasteiger partial charge in [0.1, 0.15) is 0 Å². The number of benzene rings is 2. The van der Waals surface area contributed by atoms with Crippen LogP contribution in [-0.4, -0.2) is 10.2 Å². The van der Waals surface area contributed by atoms with Crippen molar-refractivity contribution in [3.63, 3.8) is 0 Å². The van der Waals surface area contributed by atoms with Crippen molar-refractivity contribution in [3.8, 4) is 0 Å². The molecule has 0 atom stereocenters. The van der Waals surface area contributed by atoms with Crippen LogP contribution in [-0.2, 0) is 0 Å². The van der Waals surface area contributed by atoms with Crippen molar-refractivity contribution in [1.29, 1.82) is 0 Å². The summed E-state index contributed by atoms with van der Waals surface area (Å²) in [4.78, 5) is 0. The Balaban J connectivity index is 1.93. The third-order valence-corrected chi connectivity index (χ3v) is 4.65. The molecule has 2 nitrogen and oxygen atoms in total. The van der Waals surface area contributed by atoms with Crippen molar-refractivity contribution in [2.45, 2.75) is 11.8 Å². The van der Waals surface area contributed by atoms with Gasteiger partial charge >= 0.3 is 0 Å². The first-order valence-electron chi connectivity index (χ1n) is 6.93. The summed E-state index contributed by atoms with van der Waals surface area (Å²) in [6.07, 6.45) is 3.89. The second-order valence-corrected chi connectivity index (χ2v) is 5.52. The zero-order valence-electron chi connectivity index (χ0n) is 10.8. The van der Waals surface area contributed by atoms with Crippen LogP contribution in [0.15, 0.2) is 60.9 Å². The van der Waals surface area contributed by atoms with Gasteiger partial charge in [-0.2, -0.15) is 10.2 Å². The van der Waals surface area contributed by atoms with E-state index < -0.39 is 0 Å². The maximum absolute atomic E-state index is 4.11. The quantitative estimate of drug-likeness (QED) is 0.424. The minimum atomic E-state index is 0.317. The fourth-order valence-corrected chi connectivity index (χ4v) is 3.90. The summed E-state index contributed by atoms with van der Waals surface area (Å²) >= 11 is 0. The summed E-state index contributed by atoms with van der Waals surface area (Å²) < 4.78 is 0. The Morgan fingerprint density at radius 3 is 1.20 bits per heavy atom. The molecule has 2 aromatic carbocycles. The van der Waals surface area contributed by atoms with Gasteiger partial charge in [0.25, 0.3) is 0 Å². The lowest BCUT2D eigenvalue weighted by Gasteiger charge is -2.41. The van der Waals surface area contributed by atoms with Crippen LogP contribution in [0, 0.1) is 0 Å². The molecule has 0 saturated carbocycles. The van der Waals surface area contributed by atoms with Crippen LogP contribution >= 0.6 is 0 Å². The molecule has 3 aliphatic rings. The zero-order valence-corrected chi connectivity index (χ0v) is 10.8. The molecule has 1 aromatic heterocycles. The SMILES string of the molecule is c1ccc2c(c1)C1c3ccccc3C2c2cnncc21. The van der Waals surface area contributed by atoms with Gasteiger partial charge in [-0.1, -0.05) is 48.5 Å². The van der Waals surface area contributed by atoms with E-state index in [1.165, 1.54) is 33.4 Å². The Morgan fingerprint density at radius 2 is 0.850 bits per heavy atom. The fraction of sp³-hybridized carbons (Fsp3) is 0.111. The lowest BCUT2D eigenvalue weighted by Crippen LogP contribution is -2.27. The van der Waals surface area contributed by atoms with Gasteiger partial charge in [-0.25, -0.2) is 0 Å². The van der Waals surface area contributed by atoms with Crippen LogP contribution < -0.4 is 0 Å². The van der Waals surface area contributed by atoms with E-state index in [9.17, 15) is 0 Å². The lowest BCUT2D eigenvalue weighted by molar-refractivity contribution is 0.734. The molecular formula is C18H12N2. The molecule has 0 saturated heterocycles. The molecule has 3 aliphatic carbocycles. The molecular weight excluding hydrogens is 244 g/mol. The number of aromatic nitrogens is 2. The lowest BCUT2D eigenvalue weighted by atomic mass is 9.62. The minimum absolute atomic E-state index is 0.317. The van der Waals surface area contributed by atoms with Gasteiger partial charge < -0.3 is 0 Å². The Bertz CT molecular complexity index is 656. The highest BCUT2D eigenvalue weighted by Crippen LogP contribution is 2.54. The van der Waals surface area contributed by atoms with Crippen molar-refractivity contribution in [2.24, 2.45) is 0 Å². The topological polar surface area (TPSA) is 25.8 Å². The van der Waals surface area contributed by atoms with Crippen molar-refractivity contribution in [1.82, 2.24) is 10.2 Å². The highest BCUT2D eigenvalue weighted by Gasteiger charge is 2.41. The number of hydrogen-bond donors (Lipinski definition) is 0. The summed E-state index contributed by atoms with van der Waals surface area (Å²) in [5.41, 5.74) is 8.35. The van der Waals surface area contributed by atoms with Crippen LogP contribution in [0.25, 0.3) is 0 Å². The molecule has 0 amide bonds. The molecule has 6 rings (SSSR count). The summed E-state index contributed by atoms with van der Waals surface area (Å²) in [6.45, 7) is 0. The largest absolute Gasteiger partial charge is 0.159 e. The van der Waals surface area contributed by atoms with Gasteiger partial charge in [0, 0.05) is 11.8 Å². The van der Waals surface area contributed by atoms with E-state index in [4.69, 9.17) is 0 Å². The van der Waals surface area contributed by atoms with Gasteiger partial charge in [-0.05, 0) is 33.4 Å². The standard InChI is InChI=1S/C18H12N2/c1-2-6-12-11(5-1)17-13-7-3-4-8-14(13)18(12)16-10-20-19-9-15(16)17/h1-10,17-18H. The van der Waals surface area contributed by atoms with Crippen LogP contribution in [0.5, 0.6) is 0 Å². The first kappa shape index (κ1) is 10.3. The monoisotopic (exact) mass is 256 g/mol. The van der Waals surface area contributed by atoms with E-state index in [1.54, 1.807) is 0 Å². The van der Waals surface area contributed by atoms with Gasteiger partial charge in [0.05, 0.1) is 12.4 Å². The molecule has 0 radical (unpaired) electrons. The first-order valence-corrected chi connectivity index (χ1v) is 6.93. The molecule has 0 aliphatic heterocycles. The van der Waals surface area contributed by atoms with Crippen LogP contribution in [0.1, 0.15) is 45.2 Å². The molecule has 20 heavy (non-hydrogen) atoms. The van der Waals surface area contributed by atoms with Crippen molar-refractivity contribution >= 4 is 0 Å². The van der Waals surface area contributed by atoms with E-state index in [0.29, 0.717) is 11.8 Å². The highest BCUT2D eigenvalue weighted by atomic mass is 15.1. The van der Waals surface area contributed by atoms with Gasteiger partial charge in [-0.15, -0.1) is 0 Å². The number of rotatable bonds is 0. The number of nitrogens with zero attached hydrogens (tertiary/aromatic N) is 2. The van der Waals surface area contributed by atoms with Crippen LogP contribution in [0.4, 0.5) is 0 Å². The Labute approximate surface area is 117 Å². The zero-order chi connectivity index (χ0) is 13.1. The molecule has 0 spiro atoms. The summed E-state index contributed by atoms with van der Waals surface area (Å²) in [7, 11) is 0.